The maximum absolute atomic E-state index is 11.8. The van der Waals surface area contributed by atoms with E-state index in [9.17, 15) is 4.79 Å². The summed E-state index contributed by atoms with van der Waals surface area (Å²) >= 11 is 1.57. The van der Waals surface area contributed by atoms with Crippen molar-refractivity contribution in [1.29, 1.82) is 0 Å². The minimum atomic E-state index is 0.0111. The van der Waals surface area contributed by atoms with Gasteiger partial charge in [0.1, 0.15) is 6.61 Å². The highest BCUT2D eigenvalue weighted by Gasteiger charge is 2.30. The van der Waals surface area contributed by atoms with Crippen molar-refractivity contribution in [3.05, 3.63) is 23.3 Å². The number of carbonyl (C=O) groups is 1. The van der Waals surface area contributed by atoms with Gasteiger partial charge >= 0.3 is 0 Å². The molecular weight excluding hydrogens is 278 g/mol. The first-order valence-corrected chi connectivity index (χ1v) is 7.30. The summed E-state index contributed by atoms with van der Waals surface area (Å²) < 4.78 is 10.2. The van der Waals surface area contributed by atoms with Crippen LogP contribution in [0.5, 0.6) is 0 Å². The van der Waals surface area contributed by atoms with Crippen LogP contribution in [0.4, 0.5) is 0 Å². The van der Waals surface area contributed by atoms with Gasteiger partial charge in [-0.2, -0.15) is 4.98 Å². The lowest BCUT2D eigenvalue weighted by atomic mass is 10.1. The van der Waals surface area contributed by atoms with Gasteiger partial charge < -0.3 is 14.2 Å². The summed E-state index contributed by atoms with van der Waals surface area (Å²) in [5, 5.41) is 6.02. The first kappa shape index (κ1) is 13.3. The van der Waals surface area contributed by atoms with E-state index in [-0.39, 0.29) is 18.4 Å². The minimum absolute atomic E-state index is 0.0111. The molecule has 2 aromatic heterocycles. The van der Waals surface area contributed by atoms with Crippen molar-refractivity contribution >= 4 is 17.2 Å². The van der Waals surface area contributed by atoms with E-state index >= 15 is 0 Å². The number of aromatic nitrogens is 2. The Balaban J connectivity index is 1.68. The van der Waals surface area contributed by atoms with Crippen LogP contribution in [0.3, 0.4) is 0 Å². The highest BCUT2D eigenvalue weighted by atomic mass is 32.1. The molecule has 20 heavy (non-hydrogen) atoms. The van der Waals surface area contributed by atoms with Crippen LogP contribution < -0.4 is 0 Å². The van der Waals surface area contributed by atoms with Crippen LogP contribution in [-0.4, -0.2) is 47.8 Å². The maximum Gasteiger partial charge on any atom is 0.267 e. The largest absolute Gasteiger partial charge is 0.375 e. The average molecular weight is 293 g/mol. The van der Waals surface area contributed by atoms with Gasteiger partial charge in [-0.3, -0.25) is 4.79 Å². The first-order chi connectivity index (χ1) is 9.78. The molecule has 0 saturated carbocycles. The quantitative estimate of drug-likeness (QED) is 0.859. The third-order valence-corrected chi connectivity index (χ3v) is 4.21. The van der Waals surface area contributed by atoms with Crippen molar-refractivity contribution in [2.45, 2.75) is 12.3 Å². The number of amides is 1. The summed E-state index contributed by atoms with van der Waals surface area (Å²) in [7, 11) is 1.53. The molecule has 106 valence electrons. The van der Waals surface area contributed by atoms with Crippen LogP contribution in [-0.2, 0) is 9.53 Å². The smallest absolute Gasteiger partial charge is 0.267 e. The number of carbonyl (C=O) groups excluding carboxylic acids is 1. The summed E-state index contributed by atoms with van der Waals surface area (Å²) in [6.07, 6.45) is 0.860. The molecule has 6 nitrogen and oxygen atoms in total. The standard InChI is InChI=1S/C13H15N3O3S/c1-18-8-11(17)16-5-4-9(7-16)12-14-13(19-15-12)10-3-2-6-20-10/h2-3,6,9H,4-5,7-8H2,1H3/t9-/m0/s1. The van der Waals surface area contributed by atoms with Crippen molar-refractivity contribution in [2.24, 2.45) is 0 Å². The zero-order valence-corrected chi connectivity index (χ0v) is 11.9. The van der Waals surface area contributed by atoms with Gasteiger partial charge in [-0.15, -0.1) is 11.3 Å². The molecule has 0 aliphatic carbocycles. The first-order valence-electron chi connectivity index (χ1n) is 6.42. The monoisotopic (exact) mass is 293 g/mol. The normalized spacial score (nSPS) is 18.6. The molecule has 7 heteroatoms. The van der Waals surface area contributed by atoms with E-state index in [1.54, 1.807) is 16.2 Å². The molecule has 0 aromatic carbocycles. The second kappa shape index (κ2) is 5.72. The highest BCUT2D eigenvalue weighted by molar-refractivity contribution is 7.13. The van der Waals surface area contributed by atoms with Crippen molar-refractivity contribution in [3.63, 3.8) is 0 Å². The number of likely N-dealkylation sites (tertiary alicyclic amines) is 1. The van der Waals surface area contributed by atoms with Crippen LogP contribution in [0.2, 0.25) is 0 Å². The molecule has 0 radical (unpaired) electrons. The lowest BCUT2D eigenvalue weighted by Crippen LogP contribution is -2.31. The zero-order valence-electron chi connectivity index (χ0n) is 11.1. The Kier molecular flexibility index (Phi) is 3.79. The average Bonchev–Trinajstić information content (AvgIpc) is 3.19. The van der Waals surface area contributed by atoms with Crippen LogP contribution in [0, 0.1) is 0 Å². The van der Waals surface area contributed by atoms with Crippen LogP contribution in [0.1, 0.15) is 18.2 Å². The van der Waals surface area contributed by atoms with E-state index in [0.717, 1.165) is 17.8 Å². The fourth-order valence-corrected chi connectivity index (χ4v) is 2.96. The molecule has 3 heterocycles. The second-order valence-corrected chi connectivity index (χ2v) is 5.64. The Labute approximate surface area is 120 Å². The van der Waals surface area contributed by atoms with Crippen molar-refractivity contribution in [2.75, 3.05) is 26.8 Å². The van der Waals surface area contributed by atoms with Crippen molar-refractivity contribution in [1.82, 2.24) is 15.0 Å². The number of methoxy groups -OCH3 is 1. The maximum atomic E-state index is 11.8. The number of thiophene rings is 1. The SMILES string of the molecule is COCC(=O)N1CC[C@H](c2noc(-c3cccs3)n2)C1. The Bertz CT molecular complexity index is 581. The molecule has 1 aliphatic heterocycles. The Morgan fingerprint density at radius 3 is 3.30 bits per heavy atom. The molecule has 2 aromatic rings. The van der Waals surface area contributed by atoms with Crippen LogP contribution in [0.15, 0.2) is 22.0 Å². The number of hydrogen-bond acceptors (Lipinski definition) is 6. The molecule has 1 amide bonds. The zero-order chi connectivity index (χ0) is 13.9. The number of rotatable bonds is 4. The van der Waals surface area contributed by atoms with Gasteiger partial charge in [0.05, 0.1) is 4.88 Å². The Morgan fingerprint density at radius 2 is 2.55 bits per heavy atom. The third kappa shape index (κ3) is 2.59. The number of ether oxygens (including phenoxy) is 1. The molecule has 3 rings (SSSR count). The fraction of sp³-hybridized carbons (Fsp3) is 0.462. The molecule has 0 unspecified atom stereocenters. The van der Waals surface area contributed by atoms with E-state index in [1.807, 2.05) is 17.5 Å². The van der Waals surface area contributed by atoms with Crippen LogP contribution in [0.25, 0.3) is 10.8 Å². The van der Waals surface area contributed by atoms with E-state index < -0.39 is 0 Å². The molecule has 1 aliphatic rings. The van der Waals surface area contributed by atoms with Gasteiger partial charge in [0.2, 0.25) is 5.91 Å². The molecular formula is C13H15N3O3S. The summed E-state index contributed by atoms with van der Waals surface area (Å²) in [6.45, 7) is 1.47. The minimum Gasteiger partial charge on any atom is -0.375 e. The number of nitrogens with zero attached hydrogens (tertiary/aromatic N) is 3. The molecule has 0 N–H and O–H groups in total. The van der Waals surface area contributed by atoms with Crippen LogP contribution >= 0.6 is 11.3 Å². The van der Waals surface area contributed by atoms with Gasteiger partial charge in [-0.25, -0.2) is 0 Å². The topological polar surface area (TPSA) is 68.5 Å². The van der Waals surface area contributed by atoms with E-state index in [0.29, 0.717) is 18.3 Å². The summed E-state index contributed by atoms with van der Waals surface area (Å²) in [4.78, 5) is 18.9. The molecule has 1 atom stereocenters. The summed E-state index contributed by atoms with van der Waals surface area (Å²) in [5.41, 5.74) is 0. The van der Waals surface area contributed by atoms with E-state index in [2.05, 4.69) is 10.1 Å². The van der Waals surface area contributed by atoms with Gasteiger partial charge in [-0.1, -0.05) is 11.2 Å². The predicted octanol–water partition coefficient (Wildman–Crippen LogP) is 1.76. The fourth-order valence-electron chi connectivity index (χ4n) is 2.31. The lowest BCUT2D eigenvalue weighted by molar-refractivity contribution is -0.134. The number of hydrogen-bond donors (Lipinski definition) is 0. The molecule has 1 saturated heterocycles. The Morgan fingerprint density at radius 1 is 1.65 bits per heavy atom. The van der Waals surface area contributed by atoms with E-state index in [1.165, 1.54) is 7.11 Å². The Hall–Kier alpha value is -1.73. The van der Waals surface area contributed by atoms with Gasteiger partial charge in [0, 0.05) is 26.1 Å². The lowest BCUT2D eigenvalue weighted by Gasteiger charge is -2.14. The molecule has 0 spiro atoms. The third-order valence-electron chi connectivity index (χ3n) is 3.35. The summed E-state index contributed by atoms with van der Waals surface area (Å²) in [6, 6.07) is 3.90. The van der Waals surface area contributed by atoms with Gasteiger partial charge in [0.15, 0.2) is 5.82 Å². The van der Waals surface area contributed by atoms with Crippen molar-refractivity contribution < 1.29 is 14.1 Å². The van der Waals surface area contributed by atoms with Gasteiger partial charge in [0.25, 0.3) is 5.89 Å². The predicted molar refractivity (Wildman–Crippen MR) is 73.4 cm³/mol. The van der Waals surface area contributed by atoms with Gasteiger partial charge in [-0.05, 0) is 17.9 Å². The molecule has 0 bridgehead atoms. The summed E-state index contributed by atoms with van der Waals surface area (Å²) in [5.74, 6) is 1.39. The second-order valence-electron chi connectivity index (χ2n) is 4.69. The molecule has 1 fully saturated rings. The van der Waals surface area contributed by atoms with E-state index in [4.69, 9.17) is 9.26 Å². The highest BCUT2D eigenvalue weighted by Crippen LogP contribution is 2.28. The van der Waals surface area contributed by atoms with Crippen molar-refractivity contribution in [3.8, 4) is 10.8 Å².